The molecule has 0 radical (unpaired) electrons. The van der Waals surface area contributed by atoms with E-state index in [-0.39, 0.29) is 11.2 Å². The number of rotatable bonds is 5. The maximum Gasteiger partial charge on any atom is 0.144 e. The molecule has 29 heavy (non-hydrogen) atoms. The van der Waals surface area contributed by atoms with Crippen molar-refractivity contribution >= 4 is 11.0 Å². The van der Waals surface area contributed by atoms with Crippen molar-refractivity contribution in [3.63, 3.8) is 0 Å². The highest BCUT2D eigenvalue weighted by Crippen LogP contribution is 2.27. The number of aromatic nitrogens is 2. The molecular formula is C25H25FN2O. The van der Waals surface area contributed by atoms with Crippen LogP contribution in [-0.4, -0.2) is 16.2 Å². The van der Waals surface area contributed by atoms with Crippen molar-refractivity contribution in [2.45, 2.75) is 32.7 Å². The van der Waals surface area contributed by atoms with E-state index in [1.54, 1.807) is 12.1 Å². The maximum absolute atomic E-state index is 14.4. The number of imidazole rings is 1. The zero-order valence-electron chi connectivity index (χ0n) is 17.0. The van der Waals surface area contributed by atoms with Gasteiger partial charge in [-0.3, -0.25) is 0 Å². The average Bonchev–Trinajstić information content (AvgIpc) is 3.07. The van der Waals surface area contributed by atoms with Gasteiger partial charge in [0.05, 0.1) is 23.1 Å². The highest BCUT2D eigenvalue weighted by atomic mass is 19.1. The largest absolute Gasteiger partial charge is 0.492 e. The van der Waals surface area contributed by atoms with Gasteiger partial charge in [-0.05, 0) is 47.4 Å². The van der Waals surface area contributed by atoms with E-state index in [0.29, 0.717) is 24.5 Å². The summed E-state index contributed by atoms with van der Waals surface area (Å²) in [7, 11) is 0. The third-order valence-corrected chi connectivity index (χ3v) is 5.07. The second kappa shape index (κ2) is 7.70. The van der Waals surface area contributed by atoms with Crippen molar-refractivity contribution in [1.29, 1.82) is 0 Å². The molecule has 4 aromatic rings. The fraction of sp³-hybridized carbons (Fsp3) is 0.240. The van der Waals surface area contributed by atoms with Gasteiger partial charge in [-0.25, -0.2) is 9.37 Å². The van der Waals surface area contributed by atoms with Gasteiger partial charge >= 0.3 is 0 Å². The van der Waals surface area contributed by atoms with Crippen LogP contribution in [0, 0.1) is 5.82 Å². The van der Waals surface area contributed by atoms with Gasteiger partial charge in [0.2, 0.25) is 0 Å². The maximum atomic E-state index is 14.4. The zero-order chi connectivity index (χ0) is 20.4. The molecule has 1 aromatic heterocycles. The molecule has 0 saturated heterocycles. The zero-order valence-corrected chi connectivity index (χ0v) is 17.0. The van der Waals surface area contributed by atoms with Crippen LogP contribution in [0.2, 0.25) is 0 Å². The fourth-order valence-electron chi connectivity index (χ4n) is 3.46. The molecule has 0 aliphatic rings. The van der Waals surface area contributed by atoms with Crippen LogP contribution in [-0.2, 0) is 12.0 Å². The number of halogens is 1. The Morgan fingerprint density at radius 3 is 2.31 bits per heavy atom. The van der Waals surface area contributed by atoms with E-state index in [1.165, 1.54) is 11.6 Å². The number of fused-ring (bicyclic) bond motifs is 1. The number of hydrogen-bond donors (Lipinski definition) is 0. The summed E-state index contributed by atoms with van der Waals surface area (Å²) in [5.74, 6) is 1.17. The third kappa shape index (κ3) is 4.02. The topological polar surface area (TPSA) is 27.1 Å². The molecule has 0 spiro atoms. The first-order valence-electron chi connectivity index (χ1n) is 9.87. The van der Waals surface area contributed by atoms with Gasteiger partial charge in [0.25, 0.3) is 0 Å². The second-order valence-corrected chi connectivity index (χ2v) is 8.18. The van der Waals surface area contributed by atoms with Crippen molar-refractivity contribution in [3.05, 3.63) is 84.2 Å². The molecule has 0 bridgehead atoms. The third-order valence-electron chi connectivity index (χ3n) is 5.07. The summed E-state index contributed by atoms with van der Waals surface area (Å²) in [5.41, 5.74) is 3.70. The summed E-state index contributed by atoms with van der Waals surface area (Å²) in [6.45, 7) is 7.62. The first-order valence-corrected chi connectivity index (χ1v) is 9.87. The van der Waals surface area contributed by atoms with E-state index in [1.807, 2.05) is 47.0 Å². The Bertz CT molecular complexity index is 1120. The van der Waals surface area contributed by atoms with Crippen molar-refractivity contribution < 1.29 is 9.13 Å². The lowest BCUT2D eigenvalue weighted by Crippen LogP contribution is -2.12. The number of para-hydroxylation sites is 2. The quantitative estimate of drug-likeness (QED) is 0.406. The van der Waals surface area contributed by atoms with Crippen LogP contribution in [0.5, 0.6) is 5.75 Å². The fourth-order valence-corrected chi connectivity index (χ4v) is 3.46. The smallest absolute Gasteiger partial charge is 0.144 e. The minimum atomic E-state index is -0.275. The first kappa shape index (κ1) is 19.2. The Morgan fingerprint density at radius 1 is 0.897 bits per heavy atom. The van der Waals surface area contributed by atoms with Crippen LogP contribution < -0.4 is 4.74 Å². The molecule has 0 saturated carbocycles. The SMILES string of the molecule is CC(C)(C)c1ccc(OCCn2c(-c3ccccc3F)nc3ccccc32)cc1. The molecule has 4 heteroatoms. The van der Waals surface area contributed by atoms with Gasteiger partial charge in [-0.1, -0.05) is 57.2 Å². The van der Waals surface area contributed by atoms with Crippen LogP contribution in [0.3, 0.4) is 0 Å². The minimum Gasteiger partial charge on any atom is -0.492 e. The van der Waals surface area contributed by atoms with E-state index in [2.05, 4.69) is 37.9 Å². The lowest BCUT2D eigenvalue weighted by Gasteiger charge is -2.19. The number of benzene rings is 3. The van der Waals surface area contributed by atoms with Gasteiger partial charge in [0.15, 0.2) is 0 Å². The number of nitrogens with zero attached hydrogens (tertiary/aromatic N) is 2. The molecule has 0 unspecified atom stereocenters. The molecule has 0 fully saturated rings. The van der Waals surface area contributed by atoms with Gasteiger partial charge in [-0.15, -0.1) is 0 Å². The molecular weight excluding hydrogens is 363 g/mol. The second-order valence-electron chi connectivity index (χ2n) is 8.18. The summed E-state index contributed by atoms with van der Waals surface area (Å²) in [6.07, 6.45) is 0. The van der Waals surface area contributed by atoms with Crippen LogP contribution in [0.4, 0.5) is 4.39 Å². The molecule has 0 N–H and O–H groups in total. The monoisotopic (exact) mass is 388 g/mol. The first-order chi connectivity index (χ1) is 13.9. The van der Waals surface area contributed by atoms with Crippen molar-refractivity contribution in [2.75, 3.05) is 6.61 Å². The lowest BCUT2D eigenvalue weighted by molar-refractivity contribution is 0.300. The summed E-state index contributed by atoms with van der Waals surface area (Å²) in [6, 6.07) is 22.8. The van der Waals surface area contributed by atoms with Crippen LogP contribution >= 0.6 is 0 Å². The normalized spacial score (nSPS) is 11.7. The van der Waals surface area contributed by atoms with Gasteiger partial charge in [0.1, 0.15) is 24.0 Å². The number of ether oxygens (including phenoxy) is 1. The molecule has 1 heterocycles. The van der Waals surface area contributed by atoms with Gasteiger partial charge in [-0.2, -0.15) is 0 Å². The van der Waals surface area contributed by atoms with E-state index >= 15 is 0 Å². The van der Waals surface area contributed by atoms with Gasteiger partial charge in [0, 0.05) is 0 Å². The molecule has 3 nitrogen and oxygen atoms in total. The van der Waals surface area contributed by atoms with Crippen molar-refractivity contribution in [3.8, 4) is 17.1 Å². The Kier molecular flexibility index (Phi) is 5.10. The number of hydrogen-bond acceptors (Lipinski definition) is 2. The lowest BCUT2D eigenvalue weighted by atomic mass is 9.87. The molecule has 0 aliphatic heterocycles. The molecule has 4 rings (SSSR count). The van der Waals surface area contributed by atoms with Crippen molar-refractivity contribution in [2.24, 2.45) is 0 Å². The van der Waals surface area contributed by atoms with Crippen LogP contribution in [0.15, 0.2) is 72.8 Å². The summed E-state index contributed by atoms with van der Waals surface area (Å²) < 4.78 is 22.4. The minimum absolute atomic E-state index is 0.114. The predicted molar refractivity (Wildman–Crippen MR) is 116 cm³/mol. The highest BCUT2D eigenvalue weighted by Gasteiger charge is 2.16. The molecule has 0 atom stereocenters. The Morgan fingerprint density at radius 2 is 1.59 bits per heavy atom. The van der Waals surface area contributed by atoms with Crippen LogP contribution in [0.1, 0.15) is 26.3 Å². The molecule has 3 aromatic carbocycles. The van der Waals surface area contributed by atoms with E-state index in [9.17, 15) is 4.39 Å². The Balaban J connectivity index is 1.58. The summed E-state index contributed by atoms with van der Waals surface area (Å²) in [4.78, 5) is 4.68. The van der Waals surface area contributed by atoms with E-state index in [0.717, 1.165) is 16.8 Å². The predicted octanol–water partition coefficient (Wildman–Crippen LogP) is 6.22. The summed E-state index contributed by atoms with van der Waals surface area (Å²) >= 11 is 0. The van der Waals surface area contributed by atoms with Gasteiger partial charge < -0.3 is 9.30 Å². The van der Waals surface area contributed by atoms with Crippen molar-refractivity contribution in [1.82, 2.24) is 9.55 Å². The van der Waals surface area contributed by atoms with Crippen LogP contribution in [0.25, 0.3) is 22.4 Å². The highest BCUT2D eigenvalue weighted by molar-refractivity contribution is 5.80. The molecule has 0 aliphatic carbocycles. The summed E-state index contributed by atoms with van der Waals surface area (Å²) in [5, 5.41) is 0. The molecule has 148 valence electrons. The molecule has 0 amide bonds. The van der Waals surface area contributed by atoms with E-state index in [4.69, 9.17) is 4.74 Å². The Labute approximate surface area is 170 Å². The van der Waals surface area contributed by atoms with E-state index < -0.39 is 0 Å². The standard InChI is InChI=1S/C25H25FN2O/c1-25(2,3)18-12-14-19(15-13-18)29-17-16-28-23-11-7-6-10-22(23)27-24(28)20-8-4-5-9-21(20)26/h4-15H,16-17H2,1-3H3. The Hall–Kier alpha value is -3.14. The average molecular weight is 388 g/mol.